The van der Waals surface area contributed by atoms with Gasteiger partial charge in [-0.05, 0) is 58.7 Å². The van der Waals surface area contributed by atoms with Crippen molar-refractivity contribution in [3.05, 3.63) is 27.8 Å². The number of rotatable bonds is 16. The number of amides is 2. The molecule has 1 saturated heterocycles. The molecule has 41 heavy (non-hydrogen) atoms. The van der Waals surface area contributed by atoms with Crippen LogP contribution in [0.4, 0.5) is 10.5 Å². The number of methoxy groups -OCH3 is 1. The zero-order valence-electron chi connectivity index (χ0n) is 24.6. The van der Waals surface area contributed by atoms with Crippen molar-refractivity contribution in [1.29, 1.82) is 0 Å². The summed E-state index contributed by atoms with van der Waals surface area (Å²) in [5, 5.41) is 12.2. The monoisotopic (exact) mass is 645 g/mol. The maximum atomic E-state index is 12.2. The summed E-state index contributed by atoms with van der Waals surface area (Å²) in [6.45, 7) is 13.8. The lowest BCUT2D eigenvalue weighted by molar-refractivity contribution is -0.386. The van der Waals surface area contributed by atoms with Gasteiger partial charge in [0, 0.05) is 18.9 Å². The van der Waals surface area contributed by atoms with E-state index in [1.165, 1.54) is 26.2 Å². The van der Waals surface area contributed by atoms with Crippen LogP contribution in [0.1, 0.15) is 37.9 Å². The normalized spacial score (nSPS) is 14.7. The predicted molar refractivity (Wildman–Crippen MR) is 153 cm³/mol. The van der Waals surface area contributed by atoms with Gasteiger partial charge in [-0.25, -0.2) is 4.79 Å². The van der Waals surface area contributed by atoms with Crippen molar-refractivity contribution in [2.24, 2.45) is 0 Å². The highest BCUT2D eigenvalue weighted by Crippen LogP contribution is 2.39. The van der Waals surface area contributed by atoms with Crippen molar-refractivity contribution >= 4 is 59.6 Å². The average Bonchev–Trinajstić information content (AvgIpc) is 3.16. The third-order valence-corrected chi connectivity index (χ3v) is 15.0. The number of nitro benzene ring substituents is 1. The molecule has 1 atom stereocenters. The van der Waals surface area contributed by atoms with E-state index in [0.29, 0.717) is 17.5 Å². The molecule has 1 aliphatic rings. The Hall–Kier alpha value is -2.62. The fourth-order valence-electron chi connectivity index (χ4n) is 3.90. The van der Waals surface area contributed by atoms with Gasteiger partial charge in [-0.1, -0.05) is 5.06 Å². The van der Waals surface area contributed by atoms with Gasteiger partial charge in [0.25, 0.3) is 17.5 Å². The molecule has 2 rings (SSSR count). The van der Waals surface area contributed by atoms with Crippen molar-refractivity contribution < 1.29 is 50.7 Å². The quantitative estimate of drug-likeness (QED) is 0.0623. The number of nitro groups is 1. The van der Waals surface area contributed by atoms with Crippen LogP contribution in [0.25, 0.3) is 0 Å². The first kappa shape index (κ1) is 34.6. The first-order valence-electron chi connectivity index (χ1n) is 12.9. The Morgan fingerprint density at radius 3 is 2.00 bits per heavy atom. The Morgan fingerprint density at radius 1 is 1.00 bits per heavy atom. The lowest BCUT2D eigenvalue weighted by Gasteiger charge is -2.34. The van der Waals surface area contributed by atoms with Crippen LogP contribution in [0.2, 0.25) is 45.3 Å². The molecule has 0 N–H and O–H groups in total. The van der Waals surface area contributed by atoms with E-state index >= 15 is 0 Å². The molecule has 1 unspecified atom stereocenters. The van der Waals surface area contributed by atoms with E-state index in [1.807, 2.05) is 39.3 Å². The van der Waals surface area contributed by atoms with E-state index in [0.717, 1.165) is 0 Å². The second-order valence-electron chi connectivity index (χ2n) is 9.67. The van der Waals surface area contributed by atoms with Crippen molar-refractivity contribution in [3.63, 3.8) is 0 Å². The van der Waals surface area contributed by atoms with Crippen LogP contribution < -0.4 is 9.47 Å². The number of imide groups is 1. The third-order valence-electron chi connectivity index (χ3n) is 5.36. The van der Waals surface area contributed by atoms with Crippen LogP contribution in [0.3, 0.4) is 0 Å². The number of carbonyl (C=O) groups excluding carboxylic acids is 3. The Bertz CT molecular complexity index is 1060. The van der Waals surface area contributed by atoms with Gasteiger partial charge in [0.2, 0.25) is 0 Å². The highest BCUT2D eigenvalue weighted by Gasteiger charge is 2.43. The van der Waals surface area contributed by atoms with Crippen molar-refractivity contribution in [2.75, 3.05) is 13.7 Å². The Morgan fingerprint density at radius 2 is 1.54 bits per heavy atom. The third kappa shape index (κ3) is 10.3. The Labute approximate surface area is 245 Å². The van der Waals surface area contributed by atoms with Crippen molar-refractivity contribution in [3.8, 4) is 11.5 Å². The largest absolute Gasteiger partial charge is 0.534 e. The highest BCUT2D eigenvalue weighted by molar-refractivity contribution is 6.79. The number of benzene rings is 1. The van der Waals surface area contributed by atoms with Gasteiger partial charge in [-0.15, -0.1) is 0 Å². The molecule has 0 aliphatic carbocycles. The fraction of sp³-hybridized carbons (Fsp3) is 0.609. The summed E-state index contributed by atoms with van der Waals surface area (Å²) in [6, 6.07) is 3.06. The summed E-state index contributed by atoms with van der Waals surface area (Å²) < 4.78 is 35.4. The smallest absolute Gasteiger partial charge is 0.493 e. The number of ether oxygens (including phenoxy) is 3. The number of nitrogens with zero attached hydrogens (tertiary/aromatic N) is 2. The Kier molecular flexibility index (Phi) is 13.1. The highest BCUT2D eigenvalue weighted by atomic mass is 28.5. The molecular formula is C23H37N2O12Si4. The van der Waals surface area contributed by atoms with Crippen LogP contribution in [-0.4, -0.2) is 77.6 Å². The summed E-state index contributed by atoms with van der Waals surface area (Å²) in [5.41, 5.74) is -0.385. The van der Waals surface area contributed by atoms with Crippen molar-refractivity contribution in [1.82, 2.24) is 5.06 Å². The summed E-state index contributed by atoms with van der Waals surface area (Å²) in [7, 11) is -4.85. The van der Waals surface area contributed by atoms with Gasteiger partial charge in [-0.3, -0.25) is 24.5 Å². The van der Waals surface area contributed by atoms with E-state index in [-0.39, 0.29) is 42.2 Å². The number of carbonyl (C=O) groups is 3. The van der Waals surface area contributed by atoms with Gasteiger partial charge < -0.3 is 26.6 Å². The van der Waals surface area contributed by atoms with E-state index < -0.39 is 64.9 Å². The van der Waals surface area contributed by atoms with E-state index in [2.05, 4.69) is 0 Å². The number of hydroxylamine groups is 2. The molecule has 1 aromatic carbocycles. The van der Waals surface area contributed by atoms with Gasteiger partial charge in [0.05, 0.1) is 30.3 Å². The maximum absolute atomic E-state index is 12.2. The molecule has 1 fully saturated rings. The van der Waals surface area contributed by atoms with Crippen LogP contribution in [0.15, 0.2) is 12.1 Å². The minimum absolute atomic E-state index is 0.00133. The fourth-order valence-corrected chi connectivity index (χ4v) is 14.8. The second-order valence-corrected chi connectivity index (χ2v) is 19.4. The summed E-state index contributed by atoms with van der Waals surface area (Å²) >= 11 is 0. The lowest BCUT2D eigenvalue weighted by atomic mass is 10.1. The first-order chi connectivity index (χ1) is 19.2. The second kappa shape index (κ2) is 15.6. The van der Waals surface area contributed by atoms with Crippen molar-refractivity contribution in [2.45, 2.75) is 77.6 Å². The molecule has 3 radical (unpaired) electrons. The van der Waals surface area contributed by atoms with E-state index in [1.54, 1.807) is 0 Å². The topological polar surface area (TPSA) is 162 Å². The lowest BCUT2D eigenvalue weighted by Crippen LogP contribution is -2.53. The average molecular weight is 646 g/mol. The molecule has 227 valence electrons. The SMILES string of the molecule is COc1cc(C(C)OC(=O)ON2C(=O)CCC2=O)c([N+](=O)[O-])cc1OCCC[Si](O[Si](C)C)(O[Si](C)C)O[Si](C)C. The van der Waals surface area contributed by atoms with Crippen LogP contribution in [0.5, 0.6) is 11.5 Å². The molecule has 2 amide bonds. The number of hydrogen-bond acceptors (Lipinski definition) is 12. The van der Waals surface area contributed by atoms with E-state index in [4.69, 9.17) is 31.4 Å². The minimum Gasteiger partial charge on any atom is -0.493 e. The summed E-state index contributed by atoms with van der Waals surface area (Å²) in [6.07, 6.45) is -2.19. The molecule has 0 spiro atoms. The summed E-state index contributed by atoms with van der Waals surface area (Å²) in [4.78, 5) is 51.5. The standard InChI is InChI=1S/C23H37N2O12Si4/c1-16(33-23(28)34-24-21(26)10-11-22(24)27)17-14-19(31-2)20(15-18(17)25(29)30)32-12-9-13-41(35-38(3)4,36-39(5)6)37-40(7)8/h14-16H,9-13H2,1-8H3. The molecule has 1 aliphatic heterocycles. The zero-order valence-corrected chi connectivity index (χ0v) is 28.6. The van der Waals surface area contributed by atoms with Crippen LogP contribution in [-0.2, 0) is 31.5 Å². The first-order valence-corrected chi connectivity index (χ1v) is 22.0. The molecule has 14 nitrogen and oxygen atoms in total. The van der Waals surface area contributed by atoms with Gasteiger partial charge in [0.15, 0.2) is 38.6 Å². The maximum Gasteiger partial charge on any atom is 0.534 e. The van der Waals surface area contributed by atoms with Gasteiger partial charge in [0.1, 0.15) is 6.10 Å². The number of hydrogen-bond donors (Lipinski definition) is 0. The zero-order chi connectivity index (χ0) is 30.9. The van der Waals surface area contributed by atoms with Gasteiger partial charge in [-0.2, -0.15) is 0 Å². The Balaban J connectivity index is 2.17. The van der Waals surface area contributed by atoms with Crippen LogP contribution >= 0.6 is 0 Å². The minimum atomic E-state index is -2.93. The van der Waals surface area contributed by atoms with Gasteiger partial charge >= 0.3 is 15.0 Å². The molecule has 1 aromatic rings. The molecule has 0 bridgehead atoms. The molecule has 0 saturated carbocycles. The molecular weight excluding hydrogens is 609 g/mol. The molecule has 0 aromatic heterocycles. The summed E-state index contributed by atoms with van der Waals surface area (Å²) in [5.74, 6) is -1.05. The molecule has 18 heteroatoms. The van der Waals surface area contributed by atoms with Crippen LogP contribution in [0, 0.1) is 10.1 Å². The predicted octanol–water partition coefficient (Wildman–Crippen LogP) is 4.39. The molecule has 1 heterocycles. The van der Waals surface area contributed by atoms with E-state index in [9.17, 15) is 24.5 Å².